The zero-order valence-corrected chi connectivity index (χ0v) is 17.1. The van der Waals surface area contributed by atoms with E-state index in [0.717, 1.165) is 19.8 Å². The van der Waals surface area contributed by atoms with Gasteiger partial charge in [-0.1, -0.05) is 18.2 Å². The Balaban J connectivity index is 1.66. The van der Waals surface area contributed by atoms with E-state index in [1.54, 1.807) is 6.07 Å². The number of aliphatic hydroxyl groups is 1. The normalized spacial score (nSPS) is 15.9. The fourth-order valence-electron chi connectivity index (χ4n) is 3.49. The number of halogens is 2. The molecule has 160 valence electrons. The number of hydrogen-bond donors (Lipinski definition) is 2. The van der Waals surface area contributed by atoms with Crippen LogP contribution in [0.5, 0.6) is 5.88 Å². The van der Waals surface area contributed by atoms with Gasteiger partial charge in [-0.2, -0.15) is 19.0 Å². The lowest BCUT2D eigenvalue weighted by atomic mass is 9.98. The molecule has 1 aromatic carbocycles. The van der Waals surface area contributed by atoms with Crippen molar-refractivity contribution in [2.75, 3.05) is 12.4 Å². The maximum Gasteiger partial charge on any atom is 0.298 e. The summed E-state index contributed by atoms with van der Waals surface area (Å²) in [4.78, 5) is 12.9. The molecule has 0 radical (unpaired) electrons. The van der Waals surface area contributed by atoms with Crippen molar-refractivity contribution in [2.24, 2.45) is 0 Å². The van der Waals surface area contributed by atoms with E-state index in [1.807, 2.05) is 6.07 Å². The van der Waals surface area contributed by atoms with Crippen LogP contribution >= 0.6 is 0 Å². The number of pyridine rings is 1. The van der Waals surface area contributed by atoms with Gasteiger partial charge in [-0.25, -0.2) is 9.97 Å². The predicted molar refractivity (Wildman–Crippen MR) is 110 cm³/mol. The van der Waals surface area contributed by atoms with E-state index in [2.05, 4.69) is 26.3 Å². The van der Waals surface area contributed by atoms with Crippen LogP contribution in [0.25, 0.3) is 11.0 Å². The topological polar surface area (TPSA) is 104 Å². The molecule has 0 spiro atoms. The molecular formula is C22H21F2N5O2. The summed E-state index contributed by atoms with van der Waals surface area (Å²) in [6.45, 7) is 1.28. The van der Waals surface area contributed by atoms with Crippen molar-refractivity contribution in [1.29, 1.82) is 5.26 Å². The Kier molecular flexibility index (Phi) is 5.19. The first-order valence-electron chi connectivity index (χ1n) is 9.81. The van der Waals surface area contributed by atoms with E-state index in [0.29, 0.717) is 33.9 Å². The number of anilines is 1. The molecule has 1 fully saturated rings. The van der Waals surface area contributed by atoms with Gasteiger partial charge in [0.2, 0.25) is 5.88 Å². The summed E-state index contributed by atoms with van der Waals surface area (Å²) < 4.78 is 33.7. The SMILES string of the molecule is COc1nc2ncnc(NCc3cccc(C(F)(F)C(C)O)c3)c2cc1C1(C#N)CC1. The van der Waals surface area contributed by atoms with Gasteiger partial charge in [-0.3, -0.25) is 0 Å². The Morgan fingerprint density at radius 2 is 2.10 bits per heavy atom. The maximum absolute atomic E-state index is 14.2. The molecule has 7 nitrogen and oxygen atoms in total. The lowest BCUT2D eigenvalue weighted by Crippen LogP contribution is -2.28. The average Bonchev–Trinajstić information content (AvgIpc) is 3.58. The molecule has 0 bridgehead atoms. The smallest absolute Gasteiger partial charge is 0.298 e. The van der Waals surface area contributed by atoms with Crippen LogP contribution in [0.4, 0.5) is 14.6 Å². The number of ether oxygens (including phenoxy) is 1. The van der Waals surface area contributed by atoms with Crippen molar-refractivity contribution in [3.05, 3.63) is 53.3 Å². The first-order chi connectivity index (χ1) is 14.8. The lowest BCUT2D eigenvalue weighted by molar-refractivity contribution is -0.106. The molecule has 9 heteroatoms. The summed E-state index contributed by atoms with van der Waals surface area (Å²) >= 11 is 0. The second kappa shape index (κ2) is 7.71. The summed E-state index contributed by atoms with van der Waals surface area (Å²) in [5.41, 5.74) is 0.831. The van der Waals surface area contributed by atoms with Crippen molar-refractivity contribution in [3.8, 4) is 11.9 Å². The minimum Gasteiger partial charge on any atom is -0.481 e. The third-order valence-electron chi connectivity index (χ3n) is 5.56. The maximum atomic E-state index is 14.2. The predicted octanol–water partition coefficient (Wildman–Crippen LogP) is 3.67. The second-order valence-electron chi connectivity index (χ2n) is 7.69. The molecule has 0 amide bonds. The number of alkyl halides is 2. The van der Waals surface area contributed by atoms with E-state index >= 15 is 0 Å². The van der Waals surface area contributed by atoms with Crippen LogP contribution < -0.4 is 10.1 Å². The zero-order valence-electron chi connectivity index (χ0n) is 17.1. The van der Waals surface area contributed by atoms with Gasteiger partial charge >= 0.3 is 0 Å². The highest BCUT2D eigenvalue weighted by Gasteiger charge is 2.47. The zero-order chi connectivity index (χ0) is 22.2. The molecule has 2 aromatic heterocycles. The number of hydrogen-bond acceptors (Lipinski definition) is 7. The molecule has 1 saturated carbocycles. The second-order valence-corrected chi connectivity index (χ2v) is 7.69. The highest BCUT2D eigenvalue weighted by Crippen LogP contribution is 2.51. The van der Waals surface area contributed by atoms with Gasteiger partial charge < -0.3 is 15.2 Å². The summed E-state index contributed by atoms with van der Waals surface area (Å²) in [5, 5.41) is 22.7. The monoisotopic (exact) mass is 425 g/mol. The number of aromatic nitrogens is 3. The van der Waals surface area contributed by atoms with Gasteiger partial charge in [-0.15, -0.1) is 0 Å². The van der Waals surface area contributed by atoms with Crippen LogP contribution in [0, 0.1) is 11.3 Å². The largest absolute Gasteiger partial charge is 0.481 e. The molecule has 1 aliphatic rings. The average molecular weight is 425 g/mol. The molecule has 1 atom stereocenters. The summed E-state index contributed by atoms with van der Waals surface area (Å²) in [5.74, 6) is -2.50. The minimum atomic E-state index is -3.34. The first kappa shape index (κ1) is 20.9. The molecule has 2 N–H and O–H groups in total. The number of nitrogens with one attached hydrogen (secondary N) is 1. The van der Waals surface area contributed by atoms with Gasteiger partial charge in [0.15, 0.2) is 5.65 Å². The molecule has 1 aliphatic carbocycles. The molecule has 31 heavy (non-hydrogen) atoms. The van der Waals surface area contributed by atoms with Gasteiger partial charge in [0.05, 0.1) is 24.0 Å². The number of methoxy groups -OCH3 is 1. The number of nitrogens with zero attached hydrogens (tertiary/aromatic N) is 4. The Morgan fingerprint density at radius 1 is 1.32 bits per heavy atom. The Bertz CT molecular complexity index is 1170. The van der Waals surface area contributed by atoms with Gasteiger partial charge in [0.1, 0.15) is 18.2 Å². The minimum absolute atomic E-state index is 0.223. The standard InChI is InChI=1S/C22H21F2N5O2/c1-13(30)22(23,24)15-5-3-4-14(8-15)10-26-18-16-9-17(21(11-25)6-7-21)20(31-2)29-19(16)28-12-27-18/h3-5,8-9,12-13,30H,6-7,10H2,1-2H3,(H,26,27,28,29). The van der Waals surface area contributed by atoms with Gasteiger partial charge in [0, 0.05) is 17.7 Å². The number of rotatable bonds is 7. The third-order valence-corrected chi connectivity index (χ3v) is 5.56. The van der Waals surface area contributed by atoms with Crippen molar-refractivity contribution >= 4 is 16.9 Å². The fourth-order valence-corrected chi connectivity index (χ4v) is 3.49. The number of fused-ring (bicyclic) bond motifs is 1. The van der Waals surface area contributed by atoms with E-state index < -0.39 is 17.4 Å². The fraction of sp³-hybridized carbons (Fsp3) is 0.364. The summed E-state index contributed by atoms with van der Waals surface area (Å²) in [6, 6.07) is 10.0. The van der Waals surface area contributed by atoms with Crippen molar-refractivity contribution in [2.45, 2.75) is 43.8 Å². The highest BCUT2D eigenvalue weighted by molar-refractivity contribution is 5.88. The highest BCUT2D eigenvalue weighted by atomic mass is 19.3. The van der Waals surface area contributed by atoms with E-state index in [9.17, 15) is 19.1 Å². The third kappa shape index (κ3) is 3.75. The van der Waals surface area contributed by atoms with Crippen molar-refractivity contribution in [3.63, 3.8) is 0 Å². The molecule has 2 heterocycles. The molecule has 1 unspecified atom stereocenters. The summed E-state index contributed by atoms with van der Waals surface area (Å²) in [6.07, 6.45) is 1.02. The molecule has 3 aromatic rings. The van der Waals surface area contributed by atoms with Gasteiger partial charge in [-0.05, 0) is 37.5 Å². The first-order valence-corrected chi connectivity index (χ1v) is 9.81. The Hall–Kier alpha value is -3.38. The van der Waals surface area contributed by atoms with Crippen LogP contribution in [-0.4, -0.2) is 33.3 Å². The van der Waals surface area contributed by atoms with E-state index in [1.165, 1.54) is 31.6 Å². The molecule has 0 aliphatic heterocycles. The summed E-state index contributed by atoms with van der Waals surface area (Å²) in [7, 11) is 1.50. The number of nitriles is 1. The van der Waals surface area contributed by atoms with Crippen molar-refractivity contribution in [1.82, 2.24) is 15.0 Å². The molecular weight excluding hydrogens is 404 g/mol. The van der Waals surface area contributed by atoms with Crippen molar-refractivity contribution < 1.29 is 18.6 Å². The number of aliphatic hydroxyl groups excluding tert-OH is 1. The Morgan fingerprint density at radius 3 is 2.74 bits per heavy atom. The molecule has 0 saturated heterocycles. The van der Waals surface area contributed by atoms with Gasteiger partial charge in [0.25, 0.3) is 5.92 Å². The van der Waals surface area contributed by atoms with Crippen LogP contribution in [0.3, 0.4) is 0 Å². The Labute approximate surface area is 177 Å². The lowest BCUT2D eigenvalue weighted by Gasteiger charge is -2.20. The molecule has 4 rings (SSSR count). The van der Waals surface area contributed by atoms with Crippen LogP contribution in [0.1, 0.15) is 36.5 Å². The van der Waals surface area contributed by atoms with Crippen LogP contribution in [-0.2, 0) is 17.9 Å². The number of benzene rings is 1. The van der Waals surface area contributed by atoms with Crippen LogP contribution in [0.2, 0.25) is 0 Å². The van der Waals surface area contributed by atoms with E-state index in [-0.39, 0.29) is 12.1 Å². The van der Waals surface area contributed by atoms with E-state index in [4.69, 9.17) is 4.74 Å². The van der Waals surface area contributed by atoms with Crippen LogP contribution in [0.15, 0.2) is 36.7 Å². The quantitative estimate of drug-likeness (QED) is 0.595.